The Morgan fingerprint density at radius 3 is 2.36 bits per heavy atom. The predicted octanol–water partition coefficient (Wildman–Crippen LogP) is 6.65. The number of nitrogens with zero attached hydrogens (tertiary/aromatic N) is 1. The minimum absolute atomic E-state index is 0.00415. The van der Waals surface area contributed by atoms with Crippen LogP contribution >= 0.6 is 11.6 Å². The SMILES string of the molecule is CC(c1ccc(-c2ccc(C(=O)O)c(F)c2)cc1Cl)C(c1cccc2c1OCC(=O)N2C)C(F)(F)F. The number of fused-ring (bicyclic) bond motifs is 1. The molecule has 1 aliphatic heterocycles. The summed E-state index contributed by atoms with van der Waals surface area (Å²) >= 11 is 6.42. The predicted molar refractivity (Wildman–Crippen MR) is 126 cm³/mol. The third-order valence-electron chi connectivity index (χ3n) is 6.31. The van der Waals surface area contributed by atoms with E-state index in [9.17, 15) is 27.2 Å². The number of ether oxygens (including phenoxy) is 1. The van der Waals surface area contributed by atoms with Crippen LogP contribution in [-0.4, -0.2) is 36.8 Å². The highest BCUT2D eigenvalue weighted by molar-refractivity contribution is 6.31. The molecule has 3 aromatic rings. The topological polar surface area (TPSA) is 66.8 Å². The van der Waals surface area contributed by atoms with E-state index in [0.717, 1.165) is 12.1 Å². The molecule has 0 aliphatic carbocycles. The fourth-order valence-corrected chi connectivity index (χ4v) is 4.78. The van der Waals surface area contributed by atoms with Gasteiger partial charge >= 0.3 is 12.1 Å². The number of rotatable bonds is 5. The maximum absolute atomic E-state index is 14.4. The van der Waals surface area contributed by atoms with E-state index in [-0.39, 0.29) is 40.1 Å². The van der Waals surface area contributed by atoms with Crippen molar-refractivity contribution in [3.63, 3.8) is 0 Å². The number of hydrogen-bond donors (Lipinski definition) is 1. The van der Waals surface area contributed by atoms with Gasteiger partial charge in [0.2, 0.25) is 0 Å². The van der Waals surface area contributed by atoms with E-state index in [4.69, 9.17) is 21.4 Å². The maximum atomic E-state index is 14.4. The second-order valence-corrected chi connectivity index (χ2v) is 8.89. The molecule has 1 amide bonds. The number of carboxylic acids is 1. The Morgan fingerprint density at radius 2 is 1.75 bits per heavy atom. The molecule has 0 saturated heterocycles. The van der Waals surface area contributed by atoms with Crippen LogP contribution in [0.15, 0.2) is 54.6 Å². The van der Waals surface area contributed by atoms with Crippen LogP contribution in [0.4, 0.5) is 23.2 Å². The quantitative estimate of drug-likeness (QED) is 0.382. The molecule has 4 rings (SSSR count). The number of amides is 1. The summed E-state index contributed by atoms with van der Waals surface area (Å²) in [5.41, 5.74) is 0.587. The van der Waals surface area contributed by atoms with Crippen LogP contribution in [0.5, 0.6) is 5.75 Å². The lowest BCUT2D eigenvalue weighted by atomic mass is 9.81. The molecule has 1 aliphatic rings. The van der Waals surface area contributed by atoms with E-state index in [1.54, 1.807) is 0 Å². The first-order valence-corrected chi connectivity index (χ1v) is 11.2. The Hall–Kier alpha value is -3.59. The van der Waals surface area contributed by atoms with Crippen molar-refractivity contribution in [2.24, 2.45) is 0 Å². The number of aromatic carboxylic acids is 1. The Morgan fingerprint density at radius 1 is 1.08 bits per heavy atom. The van der Waals surface area contributed by atoms with E-state index in [1.807, 2.05) is 0 Å². The molecule has 1 N–H and O–H groups in total. The number of halogens is 5. The van der Waals surface area contributed by atoms with Gasteiger partial charge in [-0.25, -0.2) is 9.18 Å². The van der Waals surface area contributed by atoms with Crippen molar-refractivity contribution in [2.75, 3.05) is 18.6 Å². The molecule has 0 spiro atoms. The molecule has 5 nitrogen and oxygen atoms in total. The third-order valence-corrected chi connectivity index (χ3v) is 6.64. The van der Waals surface area contributed by atoms with Crippen molar-refractivity contribution in [1.82, 2.24) is 0 Å². The fraction of sp³-hybridized carbons (Fsp3) is 0.231. The number of carbonyl (C=O) groups excluding carboxylic acids is 1. The first-order chi connectivity index (χ1) is 16.9. The van der Waals surface area contributed by atoms with E-state index in [1.165, 1.54) is 61.3 Å². The molecule has 0 radical (unpaired) electrons. The van der Waals surface area contributed by atoms with Gasteiger partial charge < -0.3 is 14.7 Å². The minimum Gasteiger partial charge on any atom is -0.481 e. The molecule has 188 valence electrons. The van der Waals surface area contributed by atoms with Gasteiger partial charge in [-0.15, -0.1) is 0 Å². The van der Waals surface area contributed by atoms with Gasteiger partial charge in [0.15, 0.2) is 6.61 Å². The van der Waals surface area contributed by atoms with Crippen molar-refractivity contribution < 1.29 is 37.0 Å². The number of alkyl halides is 3. The Balaban J connectivity index is 1.74. The van der Waals surface area contributed by atoms with Gasteiger partial charge in [0.05, 0.1) is 17.2 Å². The van der Waals surface area contributed by atoms with E-state index < -0.39 is 35.4 Å². The standard InChI is InChI=1S/C26H20ClF4NO4/c1-13(16-8-6-14(10-19(16)27)15-7-9-17(25(34)35)20(28)11-15)23(26(29,30)31)18-4-3-5-21-24(18)36-12-22(33)32(21)2/h3-11,13,23H,12H2,1-2H3,(H,34,35). The highest BCUT2D eigenvalue weighted by Crippen LogP contribution is 2.51. The van der Waals surface area contributed by atoms with Gasteiger partial charge in [0.1, 0.15) is 11.6 Å². The molecular weight excluding hydrogens is 502 g/mol. The molecule has 0 bridgehead atoms. The van der Waals surface area contributed by atoms with Crippen LogP contribution in [0.25, 0.3) is 11.1 Å². The lowest BCUT2D eigenvalue weighted by Gasteiger charge is -2.33. The molecule has 3 aromatic carbocycles. The minimum atomic E-state index is -4.67. The Kier molecular flexibility index (Phi) is 6.70. The van der Waals surface area contributed by atoms with Crippen LogP contribution in [0.1, 0.15) is 40.2 Å². The van der Waals surface area contributed by atoms with E-state index in [2.05, 4.69) is 0 Å². The summed E-state index contributed by atoms with van der Waals surface area (Å²) in [6, 6.07) is 12.2. The number of benzene rings is 3. The summed E-state index contributed by atoms with van der Waals surface area (Å²) in [6.45, 7) is 1.03. The van der Waals surface area contributed by atoms with Crippen molar-refractivity contribution >= 4 is 29.2 Å². The fourth-order valence-electron chi connectivity index (χ4n) is 4.43. The monoisotopic (exact) mass is 521 g/mol. The second-order valence-electron chi connectivity index (χ2n) is 8.48. The lowest BCUT2D eigenvalue weighted by molar-refractivity contribution is -0.155. The average Bonchev–Trinajstić information content (AvgIpc) is 2.80. The molecule has 1 heterocycles. The van der Waals surface area contributed by atoms with Crippen molar-refractivity contribution in [1.29, 1.82) is 0 Å². The van der Waals surface area contributed by atoms with Crippen LogP contribution in [0, 0.1) is 5.82 Å². The third kappa shape index (κ3) is 4.63. The largest absolute Gasteiger partial charge is 0.481 e. The summed E-state index contributed by atoms with van der Waals surface area (Å²) in [5.74, 6) is -5.87. The van der Waals surface area contributed by atoms with Crippen LogP contribution < -0.4 is 9.64 Å². The molecular formula is C26H20ClF4NO4. The maximum Gasteiger partial charge on any atom is 0.396 e. The van der Waals surface area contributed by atoms with Crippen LogP contribution in [-0.2, 0) is 4.79 Å². The molecule has 0 fully saturated rings. The summed E-state index contributed by atoms with van der Waals surface area (Å²) < 4.78 is 62.9. The van der Waals surface area contributed by atoms with Gasteiger partial charge in [0.25, 0.3) is 5.91 Å². The molecule has 0 aromatic heterocycles. The zero-order valence-electron chi connectivity index (χ0n) is 19.1. The first kappa shape index (κ1) is 25.5. The van der Waals surface area contributed by atoms with E-state index in [0.29, 0.717) is 11.1 Å². The first-order valence-electron chi connectivity index (χ1n) is 10.8. The van der Waals surface area contributed by atoms with Gasteiger partial charge in [0, 0.05) is 17.6 Å². The molecule has 2 unspecified atom stereocenters. The summed E-state index contributed by atoms with van der Waals surface area (Å²) in [6.07, 6.45) is -4.67. The highest BCUT2D eigenvalue weighted by atomic mass is 35.5. The summed E-state index contributed by atoms with van der Waals surface area (Å²) in [4.78, 5) is 24.3. The molecule has 10 heteroatoms. The average molecular weight is 522 g/mol. The Bertz CT molecular complexity index is 1360. The lowest BCUT2D eigenvalue weighted by Crippen LogP contribution is -2.36. The number of carboxylic acid groups (broad SMARTS) is 1. The summed E-state index contributed by atoms with van der Waals surface area (Å²) in [5, 5.41) is 9.04. The number of carbonyl (C=O) groups is 2. The van der Waals surface area contributed by atoms with Gasteiger partial charge in [-0.1, -0.05) is 48.9 Å². The van der Waals surface area contributed by atoms with Gasteiger partial charge in [-0.2, -0.15) is 13.2 Å². The van der Waals surface area contributed by atoms with Crippen molar-refractivity contribution in [3.8, 4) is 16.9 Å². The number of likely N-dealkylation sites (N-methyl/N-ethyl adjacent to an activating group) is 1. The number of hydrogen-bond acceptors (Lipinski definition) is 3. The summed E-state index contributed by atoms with van der Waals surface area (Å²) in [7, 11) is 1.47. The smallest absolute Gasteiger partial charge is 0.396 e. The number of para-hydroxylation sites is 1. The van der Waals surface area contributed by atoms with Crippen LogP contribution in [0.3, 0.4) is 0 Å². The molecule has 36 heavy (non-hydrogen) atoms. The second kappa shape index (κ2) is 9.46. The zero-order valence-corrected chi connectivity index (χ0v) is 19.8. The van der Waals surface area contributed by atoms with E-state index >= 15 is 0 Å². The number of anilines is 1. The highest BCUT2D eigenvalue weighted by Gasteiger charge is 2.47. The van der Waals surface area contributed by atoms with Crippen molar-refractivity contribution in [2.45, 2.75) is 24.9 Å². The van der Waals surface area contributed by atoms with Crippen LogP contribution in [0.2, 0.25) is 5.02 Å². The van der Waals surface area contributed by atoms with Gasteiger partial charge in [-0.05, 0) is 46.9 Å². The molecule has 0 saturated carbocycles. The Labute approximate surface area is 208 Å². The normalized spacial score (nSPS) is 15.2. The zero-order chi connectivity index (χ0) is 26.4. The molecule has 2 atom stereocenters. The van der Waals surface area contributed by atoms with Crippen molar-refractivity contribution in [3.05, 3.63) is 82.1 Å². The van der Waals surface area contributed by atoms with Gasteiger partial charge in [-0.3, -0.25) is 4.79 Å².